The third kappa shape index (κ3) is 2.66. The van der Waals surface area contributed by atoms with Gasteiger partial charge in [-0.25, -0.2) is 0 Å². The minimum Gasteiger partial charge on any atom is -0.394 e. The van der Waals surface area contributed by atoms with Crippen LogP contribution in [0.1, 0.15) is 13.3 Å². The summed E-state index contributed by atoms with van der Waals surface area (Å²) >= 11 is 0. The van der Waals surface area contributed by atoms with Crippen LogP contribution in [-0.2, 0) is 9.53 Å². The lowest BCUT2D eigenvalue weighted by Crippen LogP contribution is -2.62. The number of hydrogen-bond acceptors (Lipinski definition) is 5. The lowest BCUT2D eigenvalue weighted by molar-refractivity contribution is -0.129. The van der Waals surface area contributed by atoms with Gasteiger partial charge in [0.05, 0.1) is 25.4 Å². The zero-order valence-corrected chi connectivity index (χ0v) is 8.82. The van der Waals surface area contributed by atoms with Gasteiger partial charge in [0, 0.05) is 6.61 Å². The maximum Gasteiger partial charge on any atom is 0.243 e. The van der Waals surface area contributed by atoms with E-state index in [1.807, 2.05) is 0 Å². The predicted octanol–water partition coefficient (Wildman–Crippen LogP) is -2.04. The van der Waals surface area contributed by atoms with Crippen LogP contribution in [0.4, 0.5) is 0 Å². The second kappa shape index (κ2) is 4.44. The van der Waals surface area contributed by atoms with E-state index in [4.69, 9.17) is 20.7 Å². The van der Waals surface area contributed by atoms with Gasteiger partial charge in [-0.2, -0.15) is 0 Å². The summed E-state index contributed by atoms with van der Waals surface area (Å²) in [7, 11) is 0. The molecule has 88 valence electrons. The molecule has 0 spiro atoms. The van der Waals surface area contributed by atoms with E-state index in [1.165, 1.54) is 0 Å². The average Bonchev–Trinajstić information content (AvgIpc) is 2.66. The van der Waals surface area contributed by atoms with E-state index in [2.05, 4.69) is 5.32 Å². The Hall–Kier alpha value is -0.690. The molecule has 1 saturated heterocycles. The average molecular weight is 218 g/mol. The van der Waals surface area contributed by atoms with Gasteiger partial charge in [0.1, 0.15) is 5.54 Å². The summed E-state index contributed by atoms with van der Waals surface area (Å²) in [5.41, 5.74) is 3.75. The van der Waals surface area contributed by atoms with E-state index in [9.17, 15) is 4.79 Å². The summed E-state index contributed by atoms with van der Waals surface area (Å²) in [5, 5.41) is 20.6. The zero-order chi connectivity index (χ0) is 11.5. The first-order chi connectivity index (χ1) is 6.96. The number of ether oxygens (including phenoxy) is 1. The maximum absolute atomic E-state index is 11.8. The molecule has 0 aromatic carbocycles. The van der Waals surface area contributed by atoms with Crippen molar-refractivity contribution in [3.8, 4) is 0 Å². The molecule has 0 aromatic rings. The Morgan fingerprint density at radius 2 is 2.20 bits per heavy atom. The molecule has 0 saturated carbocycles. The molecular weight excluding hydrogens is 200 g/mol. The van der Waals surface area contributed by atoms with E-state index < -0.39 is 17.0 Å². The lowest BCUT2D eigenvalue weighted by atomic mass is 9.96. The van der Waals surface area contributed by atoms with Gasteiger partial charge >= 0.3 is 0 Å². The number of amides is 1. The van der Waals surface area contributed by atoms with E-state index in [0.717, 1.165) is 0 Å². The number of aliphatic hydroxyl groups is 2. The Kier molecular flexibility index (Phi) is 3.67. The van der Waals surface area contributed by atoms with Gasteiger partial charge in [-0.05, 0) is 13.3 Å². The van der Waals surface area contributed by atoms with E-state index in [0.29, 0.717) is 13.0 Å². The minimum absolute atomic E-state index is 0.172. The van der Waals surface area contributed by atoms with Gasteiger partial charge in [0.15, 0.2) is 0 Å². The molecule has 1 rings (SSSR count). The molecule has 0 aliphatic carbocycles. The number of aliphatic hydroxyl groups excluding tert-OH is 2. The SMILES string of the molecule is CC(CO)(CO)NC(=O)C1(N)CCOC1. The highest BCUT2D eigenvalue weighted by atomic mass is 16.5. The molecule has 1 atom stereocenters. The molecule has 1 heterocycles. The molecule has 1 fully saturated rings. The fourth-order valence-electron chi connectivity index (χ4n) is 1.29. The summed E-state index contributed by atoms with van der Waals surface area (Å²) in [6.07, 6.45) is 0.450. The quantitative estimate of drug-likeness (QED) is 0.435. The van der Waals surface area contributed by atoms with E-state index >= 15 is 0 Å². The molecule has 15 heavy (non-hydrogen) atoms. The fraction of sp³-hybridized carbons (Fsp3) is 0.889. The second-order valence-electron chi connectivity index (χ2n) is 4.29. The van der Waals surface area contributed by atoms with Gasteiger partial charge in [-0.3, -0.25) is 4.79 Å². The van der Waals surface area contributed by atoms with Crippen molar-refractivity contribution >= 4 is 5.91 Å². The molecule has 1 unspecified atom stereocenters. The molecular formula is C9H18N2O4. The number of nitrogens with one attached hydrogen (secondary N) is 1. The maximum atomic E-state index is 11.8. The normalized spacial score (nSPS) is 26.7. The molecule has 0 bridgehead atoms. The summed E-state index contributed by atoms with van der Waals surface area (Å²) in [4.78, 5) is 11.8. The van der Waals surface area contributed by atoms with Crippen molar-refractivity contribution in [1.29, 1.82) is 0 Å². The van der Waals surface area contributed by atoms with Crippen molar-refractivity contribution in [1.82, 2.24) is 5.32 Å². The van der Waals surface area contributed by atoms with Crippen LogP contribution in [-0.4, -0.2) is 53.6 Å². The molecule has 1 aliphatic heterocycles. The Labute approximate surface area is 88.4 Å². The number of nitrogens with two attached hydrogens (primary N) is 1. The van der Waals surface area contributed by atoms with Crippen molar-refractivity contribution in [2.24, 2.45) is 5.73 Å². The van der Waals surface area contributed by atoms with Gasteiger partial charge < -0.3 is 26.0 Å². The Bertz CT molecular complexity index is 234. The molecule has 0 aromatic heterocycles. The van der Waals surface area contributed by atoms with Gasteiger partial charge in [-0.15, -0.1) is 0 Å². The van der Waals surface area contributed by atoms with Crippen molar-refractivity contribution in [2.45, 2.75) is 24.4 Å². The molecule has 0 radical (unpaired) electrons. The summed E-state index contributed by atoms with van der Waals surface area (Å²) in [6, 6.07) is 0. The fourth-order valence-corrected chi connectivity index (χ4v) is 1.29. The highest BCUT2D eigenvalue weighted by molar-refractivity contribution is 5.87. The number of rotatable bonds is 4. The second-order valence-corrected chi connectivity index (χ2v) is 4.29. The first kappa shape index (κ1) is 12.4. The summed E-state index contributed by atoms with van der Waals surface area (Å²) < 4.78 is 5.05. The van der Waals surface area contributed by atoms with Crippen molar-refractivity contribution in [3.63, 3.8) is 0 Å². The van der Waals surface area contributed by atoms with Crippen LogP contribution in [0.15, 0.2) is 0 Å². The Balaban J connectivity index is 2.61. The van der Waals surface area contributed by atoms with Gasteiger partial charge in [0.25, 0.3) is 0 Å². The van der Waals surface area contributed by atoms with E-state index in [-0.39, 0.29) is 19.8 Å². The Morgan fingerprint density at radius 1 is 1.60 bits per heavy atom. The molecule has 6 nitrogen and oxygen atoms in total. The third-order valence-electron chi connectivity index (χ3n) is 2.62. The topological polar surface area (TPSA) is 105 Å². The highest BCUT2D eigenvalue weighted by Crippen LogP contribution is 2.16. The van der Waals surface area contributed by atoms with Crippen LogP contribution < -0.4 is 11.1 Å². The first-order valence-corrected chi connectivity index (χ1v) is 4.87. The number of carbonyl (C=O) groups excluding carboxylic acids is 1. The molecule has 5 N–H and O–H groups in total. The molecule has 1 amide bonds. The predicted molar refractivity (Wildman–Crippen MR) is 53.1 cm³/mol. The van der Waals surface area contributed by atoms with E-state index in [1.54, 1.807) is 6.92 Å². The van der Waals surface area contributed by atoms with Crippen molar-refractivity contribution in [3.05, 3.63) is 0 Å². The van der Waals surface area contributed by atoms with Crippen LogP contribution in [0.3, 0.4) is 0 Å². The van der Waals surface area contributed by atoms with Crippen LogP contribution in [0.25, 0.3) is 0 Å². The van der Waals surface area contributed by atoms with Crippen LogP contribution in [0.2, 0.25) is 0 Å². The molecule has 6 heteroatoms. The van der Waals surface area contributed by atoms with Crippen LogP contribution >= 0.6 is 0 Å². The van der Waals surface area contributed by atoms with Crippen molar-refractivity contribution in [2.75, 3.05) is 26.4 Å². The monoisotopic (exact) mass is 218 g/mol. The number of carbonyl (C=O) groups is 1. The lowest BCUT2D eigenvalue weighted by Gasteiger charge is -2.30. The standard InChI is InChI=1S/C9H18N2O4/c1-8(4-12,5-13)11-7(14)9(10)2-3-15-6-9/h12-13H,2-6,10H2,1H3,(H,11,14). The number of hydrogen-bond donors (Lipinski definition) is 4. The Morgan fingerprint density at radius 3 is 2.60 bits per heavy atom. The minimum atomic E-state index is -1.04. The van der Waals surface area contributed by atoms with Gasteiger partial charge in [-0.1, -0.05) is 0 Å². The van der Waals surface area contributed by atoms with Gasteiger partial charge in [0.2, 0.25) is 5.91 Å². The smallest absolute Gasteiger partial charge is 0.243 e. The first-order valence-electron chi connectivity index (χ1n) is 4.87. The summed E-state index contributed by atoms with van der Waals surface area (Å²) in [5.74, 6) is -0.398. The molecule has 1 aliphatic rings. The largest absolute Gasteiger partial charge is 0.394 e. The van der Waals surface area contributed by atoms with Crippen molar-refractivity contribution < 1.29 is 19.7 Å². The third-order valence-corrected chi connectivity index (χ3v) is 2.62. The highest BCUT2D eigenvalue weighted by Gasteiger charge is 2.41. The van der Waals surface area contributed by atoms with Crippen LogP contribution in [0, 0.1) is 0 Å². The van der Waals surface area contributed by atoms with Crippen LogP contribution in [0.5, 0.6) is 0 Å². The zero-order valence-electron chi connectivity index (χ0n) is 8.82. The summed E-state index contributed by atoms with van der Waals surface area (Å²) in [6.45, 7) is 1.49.